The number of likely N-dealkylation sites (tertiary alicyclic amines) is 1. The molecule has 0 radical (unpaired) electrons. The Morgan fingerprint density at radius 3 is 2.76 bits per heavy atom. The molecule has 0 saturated carbocycles. The summed E-state index contributed by atoms with van der Waals surface area (Å²) in [5.74, 6) is 0.913. The van der Waals surface area contributed by atoms with Crippen LogP contribution in [0, 0.1) is 12.3 Å². The van der Waals surface area contributed by atoms with Gasteiger partial charge in [-0.2, -0.15) is 0 Å². The molecule has 1 unspecified atom stereocenters. The minimum absolute atomic E-state index is 0.502. The summed E-state index contributed by atoms with van der Waals surface area (Å²) < 4.78 is 0. The fraction of sp³-hybridized carbons (Fsp3) is 0.692. The number of nitrogens with zero attached hydrogens (tertiary/aromatic N) is 4. The molecule has 3 heterocycles. The highest BCUT2D eigenvalue weighted by atomic mass is 15.3. The third-order valence-electron chi connectivity index (χ3n) is 4.13. The topological polar surface area (TPSA) is 32.3 Å². The van der Waals surface area contributed by atoms with Gasteiger partial charge in [0.1, 0.15) is 0 Å². The van der Waals surface area contributed by atoms with Gasteiger partial charge in [-0.15, -0.1) is 0 Å². The van der Waals surface area contributed by atoms with Crippen LogP contribution in [0.1, 0.15) is 18.5 Å². The lowest BCUT2D eigenvalue weighted by atomic mass is 9.86. The molecule has 3 rings (SSSR count). The minimum atomic E-state index is 0.502. The standard InChI is InChI=1S/C13H20N4/c1-11-3-6-14-12(15-11)17-8-5-13(10-17)4-7-16(2)9-13/h3,6H,4-5,7-10H2,1-2H3. The molecule has 17 heavy (non-hydrogen) atoms. The maximum atomic E-state index is 4.53. The zero-order chi connectivity index (χ0) is 11.9. The number of hydrogen-bond acceptors (Lipinski definition) is 4. The predicted octanol–water partition coefficient (Wildman–Crippen LogP) is 1.32. The lowest BCUT2D eigenvalue weighted by Gasteiger charge is -2.23. The van der Waals surface area contributed by atoms with Crippen molar-refractivity contribution in [3.63, 3.8) is 0 Å². The van der Waals surface area contributed by atoms with Crippen LogP contribution in [0.4, 0.5) is 5.95 Å². The molecule has 2 aliphatic heterocycles. The average Bonchev–Trinajstić information content (AvgIpc) is 2.87. The normalized spacial score (nSPS) is 29.4. The summed E-state index contributed by atoms with van der Waals surface area (Å²) in [6.45, 7) is 6.73. The molecule has 0 aromatic carbocycles. The molecule has 1 aromatic rings. The summed E-state index contributed by atoms with van der Waals surface area (Å²) in [6, 6.07) is 1.96. The monoisotopic (exact) mass is 232 g/mol. The Balaban J connectivity index is 1.76. The molecule has 1 aromatic heterocycles. The van der Waals surface area contributed by atoms with Crippen LogP contribution < -0.4 is 4.90 Å². The molecule has 0 bridgehead atoms. The van der Waals surface area contributed by atoms with E-state index in [1.807, 2.05) is 19.2 Å². The lowest BCUT2D eigenvalue weighted by Crippen LogP contribution is -2.30. The molecule has 4 heteroatoms. The molecule has 1 atom stereocenters. The molecule has 0 aliphatic carbocycles. The zero-order valence-corrected chi connectivity index (χ0v) is 10.7. The van der Waals surface area contributed by atoms with Crippen LogP contribution in [-0.2, 0) is 0 Å². The highest BCUT2D eigenvalue weighted by molar-refractivity contribution is 5.33. The van der Waals surface area contributed by atoms with Crippen molar-refractivity contribution in [3.05, 3.63) is 18.0 Å². The molecule has 92 valence electrons. The lowest BCUT2D eigenvalue weighted by molar-refractivity contribution is 0.312. The highest BCUT2D eigenvalue weighted by Crippen LogP contribution is 2.39. The van der Waals surface area contributed by atoms with Crippen molar-refractivity contribution in [2.45, 2.75) is 19.8 Å². The molecule has 4 nitrogen and oxygen atoms in total. The Labute approximate surface area is 103 Å². The van der Waals surface area contributed by atoms with Crippen LogP contribution in [-0.4, -0.2) is 48.1 Å². The zero-order valence-electron chi connectivity index (χ0n) is 10.7. The smallest absolute Gasteiger partial charge is 0.225 e. The minimum Gasteiger partial charge on any atom is -0.340 e. The Kier molecular flexibility index (Phi) is 2.54. The summed E-state index contributed by atoms with van der Waals surface area (Å²) in [6.07, 6.45) is 4.48. The van der Waals surface area contributed by atoms with E-state index in [9.17, 15) is 0 Å². The van der Waals surface area contributed by atoms with Gasteiger partial charge in [0.25, 0.3) is 0 Å². The van der Waals surface area contributed by atoms with E-state index >= 15 is 0 Å². The predicted molar refractivity (Wildman–Crippen MR) is 68.1 cm³/mol. The summed E-state index contributed by atoms with van der Waals surface area (Å²) in [5, 5.41) is 0. The van der Waals surface area contributed by atoms with Gasteiger partial charge in [-0.25, -0.2) is 9.97 Å². The van der Waals surface area contributed by atoms with Crippen molar-refractivity contribution in [2.24, 2.45) is 5.41 Å². The summed E-state index contributed by atoms with van der Waals surface area (Å²) in [7, 11) is 2.22. The first-order valence-electron chi connectivity index (χ1n) is 6.40. The maximum Gasteiger partial charge on any atom is 0.225 e. The molecular weight excluding hydrogens is 212 g/mol. The summed E-state index contributed by atoms with van der Waals surface area (Å²) in [4.78, 5) is 13.7. The number of anilines is 1. The first-order chi connectivity index (χ1) is 8.17. The van der Waals surface area contributed by atoms with Gasteiger partial charge in [-0.1, -0.05) is 0 Å². The van der Waals surface area contributed by atoms with Crippen molar-refractivity contribution < 1.29 is 0 Å². The van der Waals surface area contributed by atoms with Crippen molar-refractivity contribution in [3.8, 4) is 0 Å². The second kappa shape index (κ2) is 3.95. The van der Waals surface area contributed by atoms with Gasteiger partial charge in [0.15, 0.2) is 0 Å². The van der Waals surface area contributed by atoms with Crippen LogP contribution in [0.5, 0.6) is 0 Å². The molecular formula is C13H20N4. The number of aryl methyl sites for hydroxylation is 1. The fourth-order valence-electron chi connectivity index (χ4n) is 3.19. The van der Waals surface area contributed by atoms with Crippen LogP contribution >= 0.6 is 0 Å². The van der Waals surface area contributed by atoms with Crippen molar-refractivity contribution in [1.82, 2.24) is 14.9 Å². The van der Waals surface area contributed by atoms with Crippen molar-refractivity contribution >= 4 is 5.95 Å². The first kappa shape index (κ1) is 11.0. The number of aromatic nitrogens is 2. The van der Waals surface area contributed by atoms with Crippen LogP contribution in [0.3, 0.4) is 0 Å². The fourth-order valence-corrected chi connectivity index (χ4v) is 3.19. The van der Waals surface area contributed by atoms with E-state index in [-0.39, 0.29) is 0 Å². The summed E-state index contributed by atoms with van der Waals surface area (Å²) in [5.41, 5.74) is 1.56. The Morgan fingerprint density at radius 2 is 2.06 bits per heavy atom. The maximum absolute atomic E-state index is 4.53. The van der Waals surface area contributed by atoms with E-state index in [4.69, 9.17) is 0 Å². The van der Waals surface area contributed by atoms with E-state index in [1.165, 1.54) is 25.9 Å². The Hall–Kier alpha value is -1.16. The molecule has 2 saturated heterocycles. The SMILES string of the molecule is Cc1ccnc(N2CCC3(CCN(C)C3)C2)n1. The second-order valence-corrected chi connectivity index (χ2v) is 5.66. The van der Waals surface area contributed by atoms with Gasteiger partial charge in [0.05, 0.1) is 0 Å². The van der Waals surface area contributed by atoms with Gasteiger partial charge in [-0.05, 0) is 39.4 Å². The van der Waals surface area contributed by atoms with Gasteiger partial charge in [0.2, 0.25) is 5.95 Å². The van der Waals surface area contributed by atoms with Crippen molar-refractivity contribution in [1.29, 1.82) is 0 Å². The third-order valence-corrected chi connectivity index (χ3v) is 4.13. The van der Waals surface area contributed by atoms with Gasteiger partial charge < -0.3 is 9.80 Å². The van der Waals surface area contributed by atoms with Gasteiger partial charge >= 0.3 is 0 Å². The van der Waals surface area contributed by atoms with E-state index in [1.54, 1.807) is 0 Å². The van der Waals surface area contributed by atoms with Crippen LogP contribution in [0.15, 0.2) is 12.3 Å². The first-order valence-corrected chi connectivity index (χ1v) is 6.40. The van der Waals surface area contributed by atoms with E-state index in [2.05, 4.69) is 26.8 Å². The van der Waals surface area contributed by atoms with Crippen LogP contribution in [0.25, 0.3) is 0 Å². The number of rotatable bonds is 1. The largest absolute Gasteiger partial charge is 0.340 e. The quantitative estimate of drug-likeness (QED) is 0.731. The number of hydrogen-bond donors (Lipinski definition) is 0. The molecule has 2 aliphatic rings. The van der Waals surface area contributed by atoms with E-state index in [0.29, 0.717) is 5.41 Å². The molecule has 1 spiro atoms. The van der Waals surface area contributed by atoms with Crippen molar-refractivity contribution in [2.75, 3.05) is 38.1 Å². The van der Waals surface area contributed by atoms with Gasteiger partial charge in [-0.3, -0.25) is 0 Å². The third kappa shape index (κ3) is 2.02. The van der Waals surface area contributed by atoms with Crippen LogP contribution in [0.2, 0.25) is 0 Å². The molecule has 2 fully saturated rings. The highest BCUT2D eigenvalue weighted by Gasteiger charge is 2.42. The molecule has 0 N–H and O–H groups in total. The Morgan fingerprint density at radius 1 is 1.24 bits per heavy atom. The summed E-state index contributed by atoms with van der Waals surface area (Å²) >= 11 is 0. The Bertz CT molecular complexity index is 420. The molecule has 0 amide bonds. The average molecular weight is 232 g/mol. The van der Waals surface area contributed by atoms with E-state index in [0.717, 1.165) is 24.7 Å². The van der Waals surface area contributed by atoms with E-state index < -0.39 is 0 Å². The second-order valence-electron chi connectivity index (χ2n) is 5.66. The van der Waals surface area contributed by atoms with Gasteiger partial charge in [0, 0.05) is 36.9 Å².